The number of nitrogens with two attached hydrogens (primary N) is 1. The molecule has 1 aliphatic carbocycles. The Morgan fingerprint density at radius 1 is 1.43 bits per heavy atom. The molecule has 0 bridgehead atoms. The third-order valence-corrected chi connectivity index (χ3v) is 3.77. The van der Waals surface area contributed by atoms with E-state index in [-0.39, 0.29) is 10.6 Å². The summed E-state index contributed by atoms with van der Waals surface area (Å²) >= 11 is 4.72. The van der Waals surface area contributed by atoms with Gasteiger partial charge in [0.15, 0.2) is 0 Å². The van der Waals surface area contributed by atoms with Gasteiger partial charge in [-0.05, 0) is 38.1 Å². The number of halogens is 3. The predicted molar refractivity (Wildman–Crippen MR) is 81.5 cm³/mol. The Bertz CT molecular complexity index is 527. The van der Waals surface area contributed by atoms with Gasteiger partial charge in [0, 0.05) is 30.4 Å². The zero-order valence-corrected chi connectivity index (χ0v) is 12.5. The van der Waals surface area contributed by atoms with Crippen LogP contribution in [0, 0.1) is 0 Å². The number of anilines is 1. The molecule has 0 unspecified atom stereocenters. The van der Waals surface area contributed by atoms with Crippen LogP contribution in [0.3, 0.4) is 0 Å². The first-order valence-electron chi connectivity index (χ1n) is 6.74. The normalized spacial score (nSPS) is 15.3. The summed E-state index contributed by atoms with van der Waals surface area (Å²) in [6.07, 6.45) is -2.01. The number of nitrogens with one attached hydrogen (secondary N) is 1. The van der Waals surface area contributed by atoms with Crippen molar-refractivity contribution in [2.75, 3.05) is 25.5 Å². The van der Waals surface area contributed by atoms with E-state index in [4.69, 9.17) is 18.0 Å². The molecule has 0 atom stereocenters. The Morgan fingerprint density at radius 3 is 2.62 bits per heavy atom. The number of alkyl halides is 3. The molecule has 0 radical (unpaired) electrons. The Hall–Kier alpha value is -1.34. The van der Waals surface area contributed by atoms with Gasteiger partial charge in [-0.1, -0.05) is 12.2 Å². The second-order valence-electron chi connectivity index (χ2n) is 5.26. The van der Waals surface area contributed by atoms with Crippen molar-refractivity contribution in [3.8, 4) is 0 Å². The van der Waals surface area contributed by atoms with E-state index in [1.54, 1.807) is 0 Å². The topological polar surface area (TPSA) is 41.3 Å². The van der Waals surface area contributed by atoms with Crippen molar-refractivity contribution in [3.63, 3.8) is 0 Å². The summed E-state index contributed by atoms with van der Waals surface area (Å²) < 4.78 is 38.6. The highest BCUT2D eigenvalue weighted by Gasteiger charge is 2.34. The van der Waals surface area contributed by atoms with E-state index in [0.717, 1.165) is 12.6 Å². The predicted octanol–water partition coefficient (Wildman–Crippen LogP) is 2.85. The highest BCUT2D eigenvalue weighted by Crippen LogP contribution is 2.33. The molecule has 3 nitrogen and oxygen atoms in total. The molecular formula is C14H18F3N3S. The van der Waals surface area contributed by atoms with Crippen molar-refractivity contribution in [2.45, 2.75) is 25.1 Å². The van der Waals surface area contributed by atoms with E-state index >= 15 is 0 Å². The Morgan fingerprint density at radius 2 is 2.10 bits per heavy atom. The Balaban J connectivity index is 2.03. The molecule has 0 aliphatic heterocycles. The lowest BCUT2D eigenvalue weighted by molar-refractivity contribution is -0.137. The van der Waals surface area contributed by atoms with Crippen molar-refractivity contribution in [1.82, 2.24) is 4.90 Å². The standard InChI is InChI=1S/C14H18F3N3S/c1-20(10-3-4-10)7-6-19-9-2-5-12(14(15,16)17)11(8-9)13(18)21/h2,5,8,10,19H,3-4,6-7H2,1H3,(H2,18,21). The van der Waals surface area contributed by atoms with Crippen molar-refractivity contribution in [3.05, 3.63) is 29.3 Å². The summed E-state index contributed by atoms with van der Waals surface area (Å²) in [5.41, 5.74) is 5.06. The van der Waals surface area contributed by atoms with Gasteiger partial charge in [-0.2, -0.15) is 13.2 Å². The van der Waals surface area contributed by atoms with Crippen LogP contribution in [0.15, 0.2) is 18.2 Å². The summed E-state index contributed by atoms with van der Waals surface area (Å²) in [4.78, 5) is 1.99. The third kappa shape index (κ3) is 4.31. The first-order valence-corrected chi connectivity index (χ1v) is 7.15. The van der Waals surface area contributed by atoms with Crippen LogP contribution in [0.5, 0.6) is 0 Å². The largest absolute Gasteiger partial charge is 0.417 e. The lowest BCUT2D eigenvalue weighted by Gasteiger charge is -2.17. The van der Waals surface area contributed by atoms with Crippen molar-refractivity contribution in [2.24, 2.45) is 5.73 Å². The van der Waals surface area contributed by atoms with E-state index in [2.05, 4.69) is 10.2 Å². The van der Waals surface area contributed by atoms with Gasteiger partial charge in [-0.25, -0.2) is 0 Å². The molecule has 1 aromatic carbocycles. The van der Waals surface area contributed by atoms with Crippen LogP contribution in [0.25, 0.3) is 0 Å². The summed E-state index contributed by atoms with van der Waals surface area (Å²) in [7, 11) is 2.05. The van der Waals surface area contributed by atoms with Gasteiger partial charge < -0.3 is 16.0 Å². The molecule has 3 N–H and O–H groups in total. The van der Waals surface area contributed by atoms with Gasteiger partial charge in [0.1, 0.15) is 4.99 Å². The molecule has 1 aliphatic rings. The highest BCUT2D eigenvalue weighted by molar-refractivity contribution is 7.80. The highest BCUT2D eigenvalue weighted by atomic mass is 32.1. The Kier molecular flexibility index (Phi) is 4.73. The minimum absolute atomic E-state index is 0.141. The van der Waals surface area contributed by atoms with Crippen molar-refractivity contribution in [1.29, 1.82) is 0 Å². The van der Waals surface area contributed by atoms with Crippen molar-refractivity contribution >= 4 is 22.9 Å². The number of nitrogens with zero attached hydrogens (tertiary/aromatic N) is 1. The summed E-state index contributed by atoms with van der Waals surface area (Å²) in [5, 5.41) is 3.11. The molecule has 0 heterocycles. The molecule has 1 aromatic rings. The number of hydrogen-bond acceptors (Lipinski definition) is 3. The molecule has 1 fully saturated rings. The van der Waals surface area contributed by atoms with Gasteiger partial charge in [-0.3, -0.25) is 0 Å². The van der Waals surface area contributed by atoms with Gasteiger partial charge in [0.2, 0.25) is 0 Å². The minimum Gasteiger partial charge on any atom is -0.389 e. The van der Waals surface area contributed by atoms with E-state index in [1.165, 1.54) is 25.0 Å². The van der Waals surface area contributed by atoms with E-state index in [1.807, 2.05) is 7.05 Å². The summed E-state index contributed by atoms with van der Waals surface area (Å²) in [6.45, 7) is 1.50. The molecule has 2 rings (SSSR count). The van der Waals surface area contributed by atoms with E-state index < -0.39 is 11.7 Å². The lowest BCUT2D eigenvalue weighted by atomic mass is 10.1. The number of thiocarbonyl (C=S) groups is 1. The first kappa shape index (κ1) is 16.0. The summed E-state index contributed by atoms with van der Waals surface area (Å²) in [5.74, 6) is 0. The Labute approximate surface area is 127 Å². The van der Waals surface area contributed by atoms with Crippen LogP contribution in [0.4, 0.5) is 18.9 Å². The second kappa shape index (κ2) is 6.19. The molecule has 0 spiro atoms. The number of hydrogen-bond donors (Lipinski definition) is 2. The monoisotopic (exact) mass is 317 g/mol. The molecule has 1 saturated carbocycles. The van der Waals surface area contributed by atoms with Crippen LogP contribution in [0.1, 0.15) is 24.0 Å². The van der Waals surface area contributed by atoms with Crippen LogP contribution in [-0.2, 0) is 6.18 Å². The van der Waals surface area contributed by atoms with Gasteiger partial charge in [0.25, 0.3) is 0 Å². The zero-order chi connectivity index (χ0) is 15.6. The minimum atomic E-state index is -4.45. The van der Waals surface area contributed by atoms with E-state index in [0.29, 0.717) is 18.3 Å². The quantitative estimate of drug-likeness (QED) is 0.792. The second-order valence-corrected chi connectivity index (χ2v) is 5.70. The number of likely N-dealkylation sites (N-methyl/N-ethyl adjacent to an activating group) is 1. The summed E-state index contributed by atoms with van der Waals surface area (Å²) in [6, 6.07) is 4.44. The van der Waals surface area contributed by atoms with E-state index in [9.17, 15) is 13.2 Å². The molecule has 7 heteroatoms. The molecular weight excluding hydrogens is 299 g/mol. The maximum Gasteiger partial charge on any atom is 0.417 e. The fourth-order valence-corrected chi connectivity index (χ4v) is 2.35. The molecule has 0 aromatic heterocycles. The van der Waals surface area contributed by atoms with Gasteiger partial charge >= 0.3 is 6.18 Å². The molecule has 0 saturated heterocycles. The molecule has 21 heavy (non-hydrogen) atoms. The average Bonchev–Trinajstić information content (AvgIpc) is 3.21. The average molecular weight is 317 g/mol. The SMILES string of the molecule is CN(CCNc1ccc(C(F)(F)F)c(C(N)=S)c1)C1CC1. The van der Waals surface area contributed by atoms with Crippen LogP contribution in [0.2, 0.25) is 0 Å². The number of benzene rings is 1. The van der Waals surface area contributed by atoms with Crippen molar-refractivity contribution < 1.29 is 13.2 Å². The zero-order valence-electron chi connectivity index (χ0n) is 11.7. The van der Waals surface area contributed by atoms with Gasteiger partial charge in [-0.15, -0.1) is 0 Å². The van der Waals surface area contributed by atoms with Crippen LogP contribution < -0.4 is 11.1 Å². The fourth-order valence-electron chi connectivity index (χ4n) is 2.18. The lowest BCUT2D eigenvalue weighted by Crippen LogP contribution is -2.27. The number of rotatable bonds is 6. The van der Waals surface area contributed by atoms with Crippen LogP contribution in [-0.4, -0.2) is 36.1 Å². The third-order valence-electron chi connectivity index (χ3n) is 3.55. The molecule has 0 amide bonds. The fraction of sp³-hybridized carbons (Fsp3) is 0.500. The molecule has 116 valence electrons. The van der Waals surface area contributed by atoms with Crippen LogP contribution >= 0.6 is 12.2 Å². The maximum atomic E-state index is 12.9. The van der Waals surface area contributed by atoms with Gasteiger partial charge in [0.05, 0.1) is 5.56 Å². The first-order chi connectivity index (χ1) is 9.79. The smallest absolute Gasteiger partial charge is 0.389 e. The maximum absolute atomic E-state index is 12.9.